The lowest BCUT2D eigenvalue weighted by atomic mass is 9.89. The van der Waals surface area contributed by atoms with Gasteiger partial charge in [0.15, 0.2) is 0 Å². The van der Waals surface area contributed by atoms with Crippen LogP contribution in [-0.4, -0.2) is 39.7 Å². The van der Waals surface area contributed by atoms with Gasteiger partial charge in [0.2, 0.25) is 0 Å². The maximum absolute atomic E-state index is 11.2. The largest absolute Gasteiger partial charge is 0.477 e. The summed E-state index contributed by atoms with van der Waals surface area (Å²) in [7, 11) is 0. The van der Waals surface area contributed by atoms with Gasteiger partial charge in [-0.05, 0) is 68.0 Å². The lowest BCUT2D eigenvalue weighted by Crippen LogP contribution is -2.45. The van der Waals surface area contributed by atoms with Crippen LogP contribution in [0.25, 0.3) is 22.2 Å². The summed E-state index contributed by atoms with van der Waals surface area (Å²) in [5, 5.41) is 16.9. The fourth-order valence-electron chi connectivity index (χ4n) is 5.10. The minimum Gasteiger partial charge on any atom is -0.477 e. The van der Waals surface area contributed by atoms with Gasteiger partial charge in [0.25, 0.3) is 0 Å². The number of benzene rings is 1. The molecule has 2 atom stereocenters. The van der Waals surface area contributed by atoms with E-state index in [1.54, 1.807) is 6.07 Å². The SMILES string of the molecule is CCNC1CCCC(NC2(c3cccc(-c4cnc5cc(C(=O)O)[nH]c5c4)c3)CC2)C1. The summed E-state index contributed by atoms with van der Waals surface area (Å²) in [5.41, 5.74) is 5.12. The first-order chi connectivity index (χ1) is 15.1. The highest BCUT2D eigenvalue weighted by Gasteiger charge is 2.46. The molecule has 2 fully saturated rings. The Labute approximate surface area is 182 Å². The van der Waals surface area contributed by atoms with Gasteiger partial charge in [0, 0.05) is 29.4 Å². The molecule has 1 aromatic carbocycles. The van der Waals surface area contributed by atoms with Crippen molar-refractivity contribution in [1.82, 2.24) is 20.6 Å². The number of carboxylic acid groups (broad SMARTS) is 1. The monoisotopic (exact) mass is 418 g/mol. The summed E-state index contributed by atoms with van der Waals surface area (Å²) in [6.07, 6.45) is 9.20. The number of hydrogen-bond acceptors (Lipinski definition) is 4. The smallest absolute Gasteiger partial charge is 0.352 e. The molecule has 0 aliphatic heterocycles. The third-order valence-electron chi connectivity index (χ3n) is 6.85. The van der Waals surface area contributed by atoms with Gasteiger partial charge >= 0.3 is 5.97 Å². The van der Waals surface area contributed by atoms with Crippen LogP contribution in [-0.2, 0) is 5.54 Å². The van der Waals surface area contributed by atoms with Gasteiger partial charge in [0.1, 0.15) is 5.69 Å². The molecule has 4 N–H and O–H groups in total. The molecule has 31 heavy (non-hydrogen) atoms. The van der Waals surface area contributed by atoms with Gasteiger partial charge in [0.05, 0.1) is 11.0 Å². The summed E-state index contributed by atoms with van der Waals surface area (Å²) >= 11 is 0. The molecule has 0 amide bonds. The third-order valence-corrected chi connectivity index (χ3v) is 6.85. The fraction of sp³-hybridized carbons (Fsp3) is 0.440. The molecule has 2 unspecified atom stereocenters. The van der Waals surface area contributed by atoms with E-state index < -0.39 is 5.97 Å². The van der Waals surface area contributed by atoms with Crippen molar-refractivity contribution in [3.05, 3.63) is 53.9 Å². The standard InChI is InChI=1S/C25H30N4O2/c1-2-26-19-7-4-8-20(13-19)29-25(9-10-25)18-6-3-5-16(11-18)17-12-22-21(27-15-17)14-23(28-22)24(30)31/h3,5-6,11-12,14-15,19-20,26,28-29H,2,4,7-10,13H2,1H3,(H,30,31). The van der Waals surface area contributed by atoms with Crippen molar-refractivity contribution in [1.29, 1.82) is 0 Å². The predicted octanol–water partition coefficient (Wildman–Crippen LogP) is 4.43. The van der Waals surface area contributed by atoms with Crippen molar-refractivity contribution in [2.75, 3.05) is 6.54 Å². The number of H-pyrrole nitrogens is 1. The Bertz CT molecular complexity index is 1100. The van der Waals surface area contributed by atoms with E-state index in [-0.39, 0.29) is 11.2 Å². The van der Waals surface area contributed by atoms with Crippen LogP contribution in [0.15, 0.2) is 42.6 Å². The quantitative estimate of drug-likeness (QED) is 0.456. The average molecular weight is 419 g/mol. The number of hydrogen-bond donors (Lipinski definition) is 4. The van der Waals surface area contributed by atoms with Crippen molar-refractivity contribution in [2.45, 2.75) is 63.1 Å². The number of pyridine rings is 1. The number of nitrogens with zero attached hydrogens (tertiary/aromatic N) is 1. The van der Waals surface area contributed by atoms with Gasteiger partial charge < -0.3 is 20.7 Å². The van der Waals surface area contributed by atoms with Crippen LogP contribution in [0.5, 0.6) is 0 Å². The molecule has 2 aliphatic rings. The third kappa shape index (κ3) is 4.10. The zero-order valence-corrected chi connectivity index (χ0v) is 17.9. The summed E-state index contributed by atoms with van der Waals surface area (Å²) in [4.78, 5) is 18.7. The first-order valence-electron chi connectivity index (χ1n) is 11.4. The predicted molar refractivity (Wildman–Crippen MR) is 122 cm³/mol. The zero-order chi connectivity index (χ0) is 21.4. The van der Waals surface area contributed by atoms with Crippen LogP contribution in [0.1, 0.15) is 61.5 Å². The van der Waals surface area contributed by atoms with Crippen LogP contribution < -0.4 is 10.6 Å². The van der Waals surface area contributed by atoms with Gasteiger partial charge in [-0.1, -0.05) is 31.5 Å². The van der Waals surface area contributed by atoms with Gasteiger partial charge in [-0.15, -0.1) is 0 Å². The highest BCUT2D eigenvalue weighted by Crippen LogP contribution is 2.47. The van der Waals surface area contributed by atoms with Crippen molar-refractivity contribution >= 4 is 17.0 Å². The number of carbonyl (C=O) groups is 1. The highest BCUT2D eigenvalue weighted by atomic mass is 16.4. The average Bonchev–Trinajstić information content (AvgIpc) is 3.42. The topological polar surface area (TPSA) is 90.0 Å². The first-order valence-corrected chi connectivity index (χ1v) is 11.4. The van der Waals surface area contributed by atoms with E-state index in [1.165, 1.54) is 44.1 Å². The maximum Gasteiger partial charge on any atom is 0.352 e. The fourth-order valence-corrected chi connectivity index (χ4v) is 5.10. The van der Waals surface area contributed by atoms with E-state index >= 15 is 0 Å². The molecule has 5 rings (SSSR count). The van der Waals surface area contributed by atoms with Crippen molar-refractivity contribution in [3.63, 3.8) is 0 Å². The molecule has 0 spiro atoms. The molecular weight excluding hydrogens is 388 g/mol. The van der Waals surface area contributed by atoms with E-state index in [2.05, 4.69) is 51.8 Å². The second-order valence-corrected chi connectivity index (χ2v) is 9.07. The molecule has 2 aliphatic carbocycles. The van der Waals surface area contributed by atoms with E-state index in [0.29, 0.717) is 17.6 Å². The summed E-state index contributed by atoms with van der Waals surface area (Å²) in [6, 6.07) is 13.5. The lowest BCUT2D eigenvalue weighted by molar-refractivity contribution is 0.0691. The molecule has 2 saturated carbocycles. The van der Waals surface area contributed by atoms with Crippen molar-refractivity contribution in [3.8, 4) is 11.1 Å². The first kappa shape index (κ1) is 20.2. The summed E-state index contributed by atoms with van der Waals surface area (Å²) in [6.45, 7) is 3.23. The van der Waals surface area contributed by atoms with Crippen molar-refractivity contribution < 1.29 is 9.90 Å². The highest BCUT2D eigenvalue weighted by molar-refractivity contribution is 5.93. The molecule has 2 heterocycles. The van der Waals surface area contributed by atoms with Crippen molar-refractivity contribution in [2.24, 2.45) is 0 Å². The minimum absolute atomic E-state index is 0.0925. The Balaban J connectivity index is 1.37. The normalized spacial score (nSPS) is 22.5. The summed E-state index contributed by atoms with van der Waals surface area (Å²) < 4.78 is 0. The molecule has 162 valence electrons. The molecule has 0 radical (unpaired) electrons. The van der Waals surface area contributed by atoms with Crippen LogP contribution in [0.2, 0.25) is 0 Å². The number of carboxylic acids is 1. The Morgan fingerprint density at radius 3 is 2.81 bits per heavy atom. The number of nitrogens with one attached hydrogen (secondary N) is 3. The van der Waals surface area contributed by atoms with E-state index in [0.717, 1.165) is 23.2 Å². The molecular formula is C25H30N4O2. The summed E-state index contributed by atoms with van der Waals surface area (Å²) in [5.74, 6) is -0.970. The van der Waals surface area contributed by atoms with E-state index in [4.69, 9.17) is 0 Å². The molecule has 6 nitrogen and oxygen atoms in total. The zero-order valence-electron chi connectivity index (χ0n) is 17.9. The van der Waals surface area contributed by atoms with E-state index in [9.17, 15) is 9.90 Å². The Kier molecular flexibility index (Phi) is 5.28. The minimum atomic E-state index is -0.970. The number of aromatic carboxylic acids is 1. The van der Waals surface area contributed by atoms with Crippen LogP contribution in [0, 0.1) is 0 Å². The molecule has 2 aromatic heterocycles. The maximum atomic E-state index is 11.2. The number of fused-ring (bicyclic) bond motifs is 1. The molecule has 6 heteroatoms. The Hall–Kier alpha value is -2.70. The van der Waals surface area contributed by atoms with Gasteiger partial charge in [-0.25, -0.2) is 4.79 Å². The van der Waals surface area contributed by atoms with Crippen LogP contribution in [0.4, 0.5) is 0 Å². The molecule has 0 saturated heterocycles. The molecule has 0 bridgehead atoms. The Morgan fingerprint density at radius 1 is 1.19 bits per heavy atom. The van der Waals surface area contributed by atoms with E-state index in [1.807, 2.05) is 12.3 Å². The second-order valence-electron chi connectivity index (χ2n) is 9.07. The Morgan fingerprint density at radius 2 is 2.03 bits per heavy atom. The van der Waals surface area contributed by atoms with Gasteiger partial charge in [-0.3, -0.25) is 4.98 Å². The molecule has 3 aromatic rings. The number of rotatable bonds is 7. The van der Waals surface area contributed by atoms with Crippen LogP contribution >= 0.6 is 0 Å². The number of aromatic amines is 1. The lowest BCUT2D eigenvalue weighted by Gasteiger charge is -2.33. The second kappa shape index (κ2) is 8.09. The van der Waals surface area contributed by atoms with Gasteiger partial charge in [-0.2, -0.15) is 0 Å². The number of aromatic nitrogens is 2. The van der Waals surface area contributed by atoms with Crippen LogP contribution in [0.3, 0.4) is 0 Å².